The van der Waals surface area contributed by atoms with Gasteiger partial charge in [0.05, 0.1) is 0 Å². The van der Waals surface area contributed by atoms with E-state index < -0.39 is 5.92 Å². The van der Waals surface area contributed by atoms with Crippen LogP contribution in [0.4, 0.5) is 10.1 Å². The van der Waals surface area contributed by atoms with Crippen LogP contribution in [0.5, 0.6) is 0 Å². The van der Waals surface area contributed by atoms with E-state index in [2.05, 4.69) is 4.90 Å². The molecule has 5 nitrogen and oxygen atoms in total. The number of carbonyl (C=O) groups excluding carboxylic acids is 2. The Bertz CT molecular complexity index is 626. The van der Waals surface area contributed by atoms with Gasteiger partial charge in [0.1, 0.15) is 11.7 Å². The SMILES string of the molecule is Cc1ccc(N2CCC(C(=O)N3CCN(C)CC3)C2=O)cc1F. The summed E-state index contributed by atoms with van der Waals surface area (Å²) in [7, 11) is 2.02. The maximum Gasteiger partial charge on any atom is 0.239 e. The molecule has 2 heterocycles. The molecule has 1 atom stereocenters. The summed E-state index contributed by atoms with van der Waals surface area (Å²) in [6.07, 6.45) is 0.500. The summed E-state index contributed by atoms with van der Waals surface area (Å²) < 4.78 is 13.7. The van der Waals surface area contributed by atoms with Gasteiger partial charge in [-0.1, -0.05) is 6.07 Å². The molecule has 0 spiro atoms. The molecule has 124 valence electrons. The average molecular weight is 319 g/mol. The highest BCUT2D eigenvalue weighted by Crippen LogP contribution is 2.28. The van der Waals surface area contributed by atoms with Crippen molar-refractivity contribution in [3.05, 3.63) is 29.6 Å². The number of benzene rings is 1. The molecule has 1 aromatic rings. The molecule has 0 aromatic heterocycles. The van der Waals surface area contributed by atoms with Crippen molar-refractivity contribution >= 4 is 17.5 Å². The monoisotopic (exact) mass is 319 g/mol. The van der Waals surface area contributed by atoms with Crippen LogP contribution in [0.25, 0.3) is 0 Å². The molecule has 23 heavy (non-hydrogen) atoms. The number of hydrogen-bond acceptors (Lipinski definition) is 3. The van der Waals surface area contributed by atoms with E-state index >= 15 is 0 Å². The van der Waals surface area contributed by atoms with Crippen LogP contribution in [-0.4, -0.2) is 61.4 Å². The van der Waals surface area contributed by atoms with Gasteiger partial charge in [0.15, 0.2) is 0 Å². The van der Waals surface area contributed by atoms with Crippen LogP contribution in [0.1, 0.15) is 12.0 Å². The molecule has 2 saturated heterocycles. The third-order valence-electron chi connectivity index (χ3n) is 4.79. The second-order valence-electron chi connectivity index (χ2n) is 6.39. The Morgan fingerprint density at radius 3 is 2.52 bits per heavy atom. The molecule has 1 aromatic carbocycles. The molecule has 2 fully saturated rings. The predicted molar refractivity (Wildman–Crippen MR) is 85.7 cm³/mol. The van der Waals surface area contributed by atoms with Crippen LogP contribution in [0.15, 0.2) is 18.2 Å². The molecule has 0 radical (unpaired) electrons. The second kappa shape index (κ2) is 6.28. The highest BCUT2D eigenvalue weighted by atomic mass is 19.1. The van der Waals surface area contributed by atoms with Gasteiger partial charge in [-0.05, 0) is 38.1 Å². The zero-order valence-electron chi connectivity index (χ0n) is 13.6. The Balaban J connectivity index is 1.71. The minimum atomic E-state index is -0.622. The van der Waals surface area contributed by atoms with Gasteiger partial charge in [0.2, 0.25) is 11.8 Å². The van der Waals surface area contributed by atoms with Gasteiger partial charge in [-0.2, -0.15) is 0 Å². The summed E-state index contributed by atoms with van der Waals surface area (Å²) in [5.41, 5.74) is 1.08. The van der Waals surface area contributed by atoms with Crippen molar-refractivity contribution in [2.24, 2.45) is 5.92 Å². The minimum absolute atomic E-state index is 0.0850. The van der Waals surface area contributed by atoms with E-state index in [-0.39, 0.29) is 17.6 Å². The maximum absolute atomic E-state index is 13.7. The van der Waals surface area contributed by atoms with Crippen LogP contribution in [0.2, 0.25) is 0 Å². The molecule has 0 bridgehead atoms. The van der Waals surface area contributed by atoms with Gasteiger partial charge in [0, 0.05) is 38.4 Å². The number of amides is 2. The van der Waals surface area contributed by atoms with Crippen molar-refractivity contribution in [2.45, 2.75) is 13.3 Å². The highest BCUT2D eigenvalue weighted by molar-refractivity contribution is 6.09. The van der Waals surface area contributed by atoms with Gasteiger partial charge in [-0.3, -0.25) is 9.59 Å². The third-order valence-corrected chi connectivity index (χ3v) is 4.79. The lowest BCUT2D eigenvalue weighted by Gasteiger charge is -2.33. The van der Waals surface area contributed by atoms with Crippen molar-refractivity contribution in [3.63, 3.8) is 0 Å². The van der Waals surface area contributed by atoms with E-state index in [1.54, 1.807) is 24.0 Å². The second-order valence-corrected chi connectivity index (χ2v) is 6.39. The summed E-state index contributed by atoms with van der Waals surface area (Å²) in [5, 5.41) is 0. The molecule has 2 aliphatic heterocycles. The molecular weight excluding hydrogens is 297 g/mol. The molecular formula is C17H22FN3O2. The van der Waals surface area contributed by atoms with Crippen LogP contribution >= 0.6 is 0 Å². The number of hydrogen-bond donors (Lipinski definition) is 0. The van der Waals surface area contributed by atoms with Crippen molar-refractivity contribution in [1.29, 1.82) is 0 Å². The van der Waals surface area contributed by atoms with E-state index in [9.17, 15) is 14.0 Å². The number of rotatable bonds is 2. The van der Waals surface area contributed by atoms with Gasteiger partial charge in [0.25, 0.3) is 0 Å². The summed E-state index contributed by atoms with van der Waals surface area (Å²) in [4.78, 5) is 30.7. The zero-order valence-corrected chi connectivity index (χ0v) is 13.6. The summed E-state index contributed by atoms with van der Waals surface area (Å²) in [6.45, 7) is 5.14. The maximum atomic E-state index is 13.7. The summed E-state index contributed by atoms with van der Waals surface area (Å²) in [6, 6.07) is 4.77. The molecule has 6 heteroatoms. The number of aryl methyl sites for hydroxylation is 1. The van der Waals surface area contributed by atoms with Crippen molar-refractivity contribution < 1.29 is 14.0 Å². The van der Waals surface area contributed by atoms with Gasteiger partial charge >= 0.3 is 0 Å². The smallest absolute Gasteiger partial charge is 0.239 e. The fourth-order valence-electron chi connectivity index (χ4n) is 3.16. The largest absolute Gasteiger partial charge is 0.339 e. The van der Waals surface area contributed by atoms with E-state index in [4.69, 9.17) is 0 Å². The topological polar surface area (TPSA) is 43.9 Å². The molecule has 0 saturated carbocycles. The normalized spacial score (nSPS) is 22.7. The number of anilines is 1. The Morgan fingerprint density at radius 2 is 1.87 bits per heavy atom. The standard InChI is InChI=1S/C17H22FN3O2/c1-12-3-4-13(11-15(12)18)21-6-5-14(17(21)23)16(22)20-9-7-19(2)8-10-20/h3-4,11,14H,5-10H2,1-2H3. The number of piperazine rings is 1. The van der Waals surface area contributed by atoms with E-state index in [0.29, 0.717) is 37.3 Å². The number of halogens is 1. The molecule has 2 amide bonds. The Labute approximate surface area is 135 Å². The first kappa shape index (κ1) is 15.9. The minimum Gasteiger partial charge on any atom is -0.339 e. The first-order chi connectivity index (χ1) is 11.0. The predicted octanol–water partition coefficient (Wildman–Crippen LogP) is 1.26. The average Bonchev–Trinajstić information content (AvgIpc) is 2.92. The van der Waals surface area contributed by atoms with Crippen LogP contribution in [0, 0.1) is 18.7 Å². The number of nitrogens with zero attached hydrogens (tertiary/aromatic N) is 3. The van der Waals surface area contributed by atoms with E-state index in [0.717, 1.165) is 13.1 Å². The van der Waals surface area contributed by atoms with Gasteiger partial charge < -0.3 is 14.7 Å². The zero-order chi connectivity index (χ0) is 16.6. The lowest BCUT2D eigenvalue weighted by atomic mass is 10.1. The van der Waals surface area contributed by atoms with Gasteiger partial charge in [-0.15, -0.1) is 0 Å². The lowest BCUT2D eigenvalue weighted by molar-refractivity contribution is -0.141. The first-order valence-electron chi connectivity index (χ1n) is 8.02. The highest BCUT2D eigenvalue weighted by Gasteiger charge is 2.40. The van der Waals surface area contributed by atoms with Gasteiger partial charge in [-0.25, -0.2) is 4.39 Å². The van der Waals surface area contributed by atoms with Crippen LogP contribution in [0.3, 0.4) is 0 Å². The molecule has 2 aliphatic rings. The Morgan fingerprint density at radius 1 is 1.17 bits per heavy atom. The van der Waals surface area contributed by atoms with Crippen molar-refractivity contribution in [1.82, 2.24) is 9.80 Å². The molecule has 0 N–H and O–H groups in total. The van der Waals surface area contributed by atoms with Crippen LogP contribution < -0.4 is 4.90 Å². The van der Waals surface area contributed by atoms with Crippen molar-refractivity contribution in [2.75, 3.05) is 44.7 Å². The van der Waals surface area contributed by atoms with Crippen LogP contribution in [-0.2, 0) is 9.59 Å². The summed E-state index contributed by atoms with van der Waals surface area (Å²) >= 11 is 0. The molecule has 3 rings (SSSR count). The van der Waals surface area contributed by atoms with Crippen molar-refractivity contribution in [3.8, 4) is 0 Å². The fraction of sp³-hybridized carbons (Fsp3) is 0.529. The fourth-order valence-corrected chi connectivity index (χ4v) is 3.16. The Hall–Kier alpha value is -1.95. The van der Waals surface area contributed by atoms with E-state index in [1.807, 2.05) is 7.05 Å². The Kier molecular flexibility index (Phi) is 4.35. The molecule has 1 unspecified atom stereocenters. The number of carbonyl (C=O) groups is 2. The molecule has 0 aliphatic carbocycles. The summed E-state index contributed by atoms with van der Waals surface area (Å²) in [5.74, 6) is -1.25. The number of likely N-dealkylation sites (N-methyl/N-ethyl adjacent to an activating group) is 1. The quantitative estimate of drug-likeness (QED) is 0.771. The van der Waals surface area contributed by atoms with E-state index in [1.165, 1.54) is 11.0 Å². The third kappa shape index (κ3) is 3.08. The lowest BCUT2D eigenvalue weighted by Crippen LogP contribution is -2.50. The first-order valence-corrected chi connectivity index (χ1v) is 8.02.